The molecule has 0 spiro atoms. The van der Waals surface area contributed by atoms with Crippen molar-refractivity contribution in [2.75, 3.05) is 12.4 Å². The first kappa shape index (κ1) is 19.9. The van der Waals surface area contributed by atoms with Crippen molar-refractivity contribution in [2.45, 2.75) is 11.7 Å². The number of methoxy groups -OCH3 is 1. The van der Waals surface area contributed by atoms with Crippen LogP contribution < -0.4 is 15.4 Å². The number of rotatable bonds is 6. The van der Waals surface area contributed by atoms with E-state index in [-0.39, 0.29) is 18.2 Å². The number of amides is 2. The van der Waals surface area contributed by atoms with Gasteiger partial charge in [-0.1, -0.05) is 35.5 Å². The van der Waals surface area contributed by atoms with Crippen molar-refractivity contribution in [1.29, 1.82) is 0 Å². The number of benzene rings is 2. The van der Waals surface area contributed by atoms with Crippen LogP contribution in [0.5, 0.6) is 5.75 Å². The molecule has 1 heterocycles. The van der Waals surface area contributed by atoms with Crippen LogP contribution in [0.2, 0.25) is 5.02 Å². The molecule has 1 aliphatic rings. The van der Waals surface area contributed by atoms with E-state index in [4.69, 9.17) is 16.3 Å². The molecule has 144 valence electrons. The maximum Gasteiger partial charge on any atom is 0.240 e. The van der Waals surface area contributed by atoms with E-state index in [1.165, 1.54) is 11.8 Å². The van der Waals surface area contributed by atoms with Crippen molar-refractivity contribution in [3.8, 4) is 5.75 Å². The summed E-state index contributed by atoms with van der Waals surface area (Å²) in [6.07, 6.45) is 1.59. The van der Waals surface area contributed by atoms with Gasteiger partial charge in [0.1, 0.15) is 11.0 Å². The molecule has 1 atom stereocenters. The molecule has 1 fully saturated rings. The lowest BCUT2D eigenvalue weighted by Crippen LogP contribution is -2.28. The summed E-state index contributed by atoms with van der Waals surface area (Å²) in [6, 6.07) is 14.1. The summed E-state index contributed by atoms with van der Waals surface area (Å²) in [5, 5.41) is 13.8. The van der Waals surface area contributed by atoms with E-state index >= 15 is 0 Å². The SMILES string of the molecule is COc1ccc(NC(=O)C[C@H]2S/C(=N/N=C\c3ccc(Cl)cc3)NC2=O)cc1. The van der Waals surface area contributed by atoms with Crippen molar-refractivity contribution < 1.29 is 14.3 Å². The van der Waals surface area contributed by atoms with Crippen molar-refractivity contribution >= 4 is 52.2 Å². The lowest BCUT2D eigenvalue weighted by molar-refractivity contribution is -0.122. The molecule has 2 aromatic rings. The first-order chi connectivity index (χ1) is 13.5. The summed E-state index contributed by atoms with van der Waals surface area (Å²) in [5.74, 6) is 0.169. The molecular formula is C19H17ClN4O3S. The minimum absolute atomic E-state index is 0.0302. The molecule has 0 saturated carbocycles. The standard InChI is InChI=1S/C19H17ClN4O3S/c1-27-15-8-6-14(7-9-15)22-17(25)10-16-18(26)23-19(28-16)24-21-11-12-2-4-13(20)5-3-12/h2-9,11,16H,10H2,1H3,(H,22,25)(H,23,24,26)/b21-11-/t16-/m1/s1. The Morgan fingerprint density at radius 2 is 1.96 bits per heavy atom. The number of carbonyl (C=O) groups excluding carboxylic acids is 2. The van der Waals surface area contributed by atoms with Gasteiger partial charge in [0.2, 0.25) is 11.8 Å². The summed E-state index contributed by atoms with van der Waals surface area (Å²) in [5.41, 5.74) is 1.47. The Balaban J connectivity index is 1.53. The molecule has 0 bridgehead atoms. The van der Waals surface area contributed by atoms with E-state index < -0.39 is 5.25 Å². The molecule has 0 radical (unpaired) electrons. The Hall–Kier alpha value is -2.84. The third kappa shape index (κ3) is 5.58. The van der Waals surface area contributed by atoms with Gasteiger partial charge < -0.3 is 15.4 Å². The third-order valence-corrected chi connectivity index (χ3v) is 5.07. The number of carbonyl (C=O) groups is 2. The first-order valence-corrected chi connectivity index (χ1v) is 9.57. The van der Waals surface area contributed by atoms with Gasteiger partial charge in [-0.2, -0.15) is 5.10 Å². The number of anilines is 1. The zero-order valence-corrected chi connectivity index (χ0v) is 16.5. The number of hydrogen-bond donors (Lipinski definition) is 2. The minimum Gasteiger partial charge on any atom is -0.497 e. The van der Waals surface area contributed by atoms with Crippen molar-refractivity contribution in [2.24, 2.45) is 10.2 Å². The summed E-state index contributed by atoms with van der Waals surface area (Å²) in [6.45, 7) is 0. The van der Waals surface area contributed by atoms with Crippen LogP contribution in [0.15, 0.2) is 58.7 Å². The summed E-state index contributed by atoms with van der Waals surface area (Å²) < 4.78 is 5.07. The molecular weight excluding hydrogens is 400 g/mol. The van der Waals surface area contributed by atoms with Crippen LogP contribution in [0, 0.1) is 0 Å². The number of nitrogens with one attached hydrogen (secondary N) is 2. The van der Waals surface area contributed by atoms with E-state index in [1.54, 1.807) is 61.9 Å². The van der Waals surface area contributed by atoms with E-state index in [9.17, 15) is 9.59 Å². The monoisotopic (exact) mass is 416 g/mol. The van der Waals surface area contributed by atoms with Gasteiger partial charge >= 0.3 is 0 Å². The van der Waals surface area contributed by atoms with Crippen molar-refractivity contribution in [1.82, 2.24) is 5.32 Å². The summed E-state index contributed by atoms with van der Waals surface area (Å²) in [7, 11) is 1.57. The maximum absolute atomic E-state index is 12.2. The van der Waals surface area contributed by atoms with Crippen LogP contribution in [0.3, 0.4) is 0 Å². The van der Waals surface area contributed by atoms with Crippen molar-refractivity contribution in [3.05, 3.63) is 59.1 Å². The molecule has 2 N–H and O–H groups in total. The molecule has 1 saturated heterocycles. The number of thioether (sulfide) groups is 1. The van der Waals surface area contributed by atoms with Gasteiger partial charge in [0, 0.05) is 17.1 Å². The van der Waals surface area contributed by atoms with Gasteiger partial charge in [-0.05, 0) is 42.0 Å². The maximum atomic E-state index is 12.2. The predicted octanol–water partition coefficient (Wildman–Crippen LogP) is 3.30. The molecule has 0 aliphatic carbocycles. The fourth-order valence-corrected chi connectivity index (χ4v) is 3.39. The zero-order chi connectivity index (χ0) is 19.9. The quantitative estimate of drug-likeness (QED) is 0.558. The van der Waals surface area contributed by atoms with E-state index in [0.29, 0.717) is 21.6 Å². The lowest BCUT2D eigenvalue weighted by Gasteiger charge is -2.08. The molecule has 9 heteroatoms. The number of ether oxygens (including phenoxy) is 1. The fraction of sp³-hybridized carbons (Fsp3) is 0.158. The Morgan fingerprint density at radius 1 is 1.25 bits per heavy atom. The Labute approximate surface area is 171 Å². The minimum atomic E-state index is -0.553. The molecule has 28 heavy (non-hydrogen) atoms. The Kier molecular flexibility index (Phi) is 6.67. The van der Waals surface area contributed by atoms with Crippen LogP contribution in [0.25, 0.3) is 0 Å². The highest BCUT2D eigenvalue weighted by Crippen LogP contribution is 2.23. The summed E-state index contributed by atoms with van der Waals surface area (Å²) >= 11 is 7.00. The van der Waals surface area contributed by atoms with Gasteiger partial charge in [0.15, 0.2) is 5.17 Å². The average Bonchev–Trinajstić information content (AvgIpc) is 3.03. The largest absolute Gasteiger partial charge is 0.497 e. The van der Waals surface area contributed by atoms with E-state index in [0.717, 1.165) is 5.56 Å². The van der Waals surface area contributed by atoms with Gasteiger partial charge in [-0.15, -0.1) is 5.10 Å². The van der Waals surface area contributed by atoms with E-state index in [1.807, 2.05) is 0 Å². The average molecular weight is 417 g/mol. The molecule has 2 amide bonds. The van der Waals surface area contributed by atoms with Crippen LogP contribution in [0.4, 0.5) is 5.69 Å². The first-order valence-electron chi connectivity index (χ1n) is 8.31. The van der Waals surface area contributed by atoms with Crippen LogP contribution in [-0.2, 0) is 9.59 Å². The van der Waals surface area contributed by atoms with Crippen molar-refractivity contribution in [3.63, 3.8) is 0 Å². The van der Waals surface area contributed by atoms with Crippen LogP contribution >= 0.6 is 23.4 Å². The normalized spacial score (nSPS) is 17.7. The smallest absolute Gasteiger partial charge is 0.240 e. The number of halogens is 1. The van der Waals surface area contributed by atoms with Gasteiger partial charge in [-0.3, -0.25) is 9.59 Å². The molecule has 7 nitrogen and oxygen atoms in total. The highest BCUT2D eigenvalue weighted by molar-refractivity contribution is 8.15. The number of amidine groups is 1. The Morgan fingerprint density at radius 3 is 2.64 bits per heavy atom. The van der Waals surface area contributed by atoms with Gasteiger partial charge in [-0.25, -0.2) is 0 Å². The van der Waals surface area contributed by atoms with Crippen LogP contribution in [0.1, 0.15) is 12.0 Å². The van der Waals surface area contributed by atoms with Gasteiger partial charge in [0.05, 0.1) is 13.3 Å². The number of hydrogen-bond acceptors (Lipinski definition) is 6. The molecule has 0 aromatic heterocycles. The molecule has 0 unspecified atom stereocenters. The predicted molar refractivity (Wildman–Crippen MR) is 112 cm³/mol. The topological polar surface area (TPSA) is 92.2 Å². The second-order valence-electron chi connectivity index (χ2n) is 5.78. The fourth-order valence-electron chi connectivity index (χ4n) is 2.34. The second-order valence-corrected chi connectivity index (χ2v) is 7.41. The second kappa shape index (κ2) is 9.38. The Bertz CT molecular complexity index is 914. The van der Waals surface area contributed by atoms with E-state index in [2.05, 4.69) is 20.8 Å². The summed E-state index contributed by atoms with van der Waals surface area (Å²) in [4.78, 5) is 24.2. The lowest BCUT2D eigenvalue weighted by atomic mass is 10.2. The highest BCUT2D eigenvalue weighted by Gasteiger charge is 2.32. The molecule has 2 aromatic carbocycles. The number of nitrogens with zero attached hydrogens (tertiary/aromatic N) is 2. The third-order valence-electron chi connectivity index (χ3n) is 3.75. The van der Waals surface area contributed by atoms with Crippen LogP contribution in [-0.4, -0.2) is 35.6 Å². The molecule has 1 aliphatic heterocycles. The zero-order valence-electron chi connectivity index (χ0n) is 14.9. The highest BCUT2D eigenvalue weighted by atomic mass is 35.5. The van der Waals surface area contributed by atoms with Gasteiger partial charge in [0.25, 0.3) is 0 Å². The molecule has 3 rings (SSSR count).